The molecule has 6 nitrogen and oxygen atoms in total. The van der Waals surface area contributed by atoms with Crippen molar-refractivity contribution in [3.63, 3.8) is 0 Å². The molecule has 1 N–H and O–H groups in total. The third-order valence-corrected chi connectivity index (χ3v) is 5.20. The monoisotopic (exact) mass is 420 g/mol. The molecular formula is C21H23F3N4O2. The van der Waals surface area contributed by atoms with Crippen LogP contribution in [0.2, 0.25) is 0 Å². The van der Waals surface area contributed by atoms with Crippen LogP contribution in [0.5, 0.6) is 0 Å². The molecule has 1 fully saturated rings. The van der Waals surface area contributed by atoms with Crippen molar-refractivity contribution in [2.24, 2.45) is 0 Å². The highest BCUT2D eigenvalue weighted by atomic mass is 19.4. The van der Waals surface area contributed by atoms with Crippen LogP contribution in [-0.2, 0) is 11.0 Å². The van der Waals surface area contributed by atoms with E-state index >= 15 is 0 Å². The molecule has 1 atom stereocenters. The number of nitrogens with one attached hydrogen (secondary N) is 1. The van der Waals surface area contributed by atoms with E-state index in [1.807, 2.05) is 16.7 Å². The molecule has 1 aliphatic heterocycles. The lowest BCUT2D eigenvalue weighted by molar-refractivity contribution is -0.137. The lowest BCUT2D eigenvalue weighted by atomic mass is 10.1. The van der Waals surface area contributed by atoms with Crippen molar-refractivity contribution >= 4 is 23.2 Å². The summed E-state index contributed by atoms with van der Waals surface area (Å²) in [5.41, 5.74) is 0.421. The van der Waals surface area contributed by atoms with E-state index in [1.54, 1.807) is 24.3 Å². The largest absolute Gasteiger partial charge is 0.417 e. The molecule has 0 bridgehead atoms. The number of hydrogen-bond acceptors (Lipinski definition) is 5. The van der Waals surface area contributed by atoms with Gasteiger partial charge in [0, 0.05) is 43.6 Å². The summed E-state index contributed by atoms with van der Waals surface area (Å²) in [5.74, 6) is 0.290. The first-order valence-electron chi connectivity index (χ1n) is 9.59. The Balaban J connectivity index is 1.53. The fraction of sp³-hybridized carbons (Fsp3) is 0.381. The van der Waals surface area contributed by atoms with E-state index in [4.69, 9.17) is 0 Å². The number of anilines is 2. The lowest BCUT2D eigenvalue weighted by Crippen LogP contribution is -2.53. The number of Topliss-reactive ketones (excluding diaryl/α,β-unsaturated/α-hetero) is 1. The summed E-state index contributed by atoms with van der Waals surface area (Å²) in [7, 11) is 0. The summed E-state index contributed by atoms with van der Waals surface area (Å²) in [6.45, 7) is 5.58. The minimum absolute atomic E-state index is 0.0401. The molecule has 1 aliphatic rings. The van der Waals surface area contributed by atoms with Crippen LogP contribution in [0.1, 0.15) is 29.8 Å². The van der Waals surface area contributed by atoms with Gasteiger partial charge in [-0.3, -0.25) is 14.5 Å². The highest BCUT2D eigenvalue weighted by Gasteiger charge is 2.31. The minimum Gasteiger partial charge on any atom is -0.354 e. The van der Waals surface area contributed by atoms with E-state index in [1.165, 1.54) is 13.0 Å². The Hall–Kier alpha value is -2.94. The van der Waals surface area contributed by atoms with Crippen molar-refractivity contribution in [3.05, 3.63) is 53.7 Å². The summed E-state index contributed by atoms with van der Waals surface area (Å²) in [5, 5.41) is 2.84. The van der Waals surface area contributed by atoms with Gasteiger partial charge in [-0.25, -0.2) is 4.98 Å². The predicted octanol–water partition coefficient (Wildman–Crippen LogP) is 3.45. The van der Waals surface area contributed by atoms with Gasteiger partial charge in [0.2, 0.25) is 5.91 Å². The van der Waals surface area contributed by atoms with Gasteiger partial charge in [-0.2, -0.15) is 13.2 Å². The first kappa shape index (κ1) is 21.8. The second kappa shape index (κ2) is 8.83. The average Bonchev–Trinajstić information content (AvgIpc) is 2.73. The van der Waals surface area contributed by atoms with Gasteiger partial charge in [0.1, 0.15) is 5.82 Å². The molecule has 9 heteroatoms. The Bertz CT molecular complexity index is 890. The number of carbonyl (C=O) groups excluding carboxylic acids is 2. The molecule has 30 heavy (non-hydrogen) atoms. The van der Waals surface area contributed by atoms with Gasteiger partial charge in [0.15, 0.2) is 5.78 Å². The predicted molar refractivity (Wildman–Crippen MR) is 108 cm³/mol. The number of pyridine rings is 1. The number of alkyl halides is 3. The van der Waals surface area contributed by atoms with Crippen molar-refractivity contribution < 1.29 is 22.8 Å². The fourth-order valence-electron chi connectivity index (χ4n) is 3.28. The number of ketones is 1. The number of piperazine rings is 1. The van der Waals surface area contributed by atoms with Crippen molar-refractivity contribution in [1.29, 1.82) is 0 Å². The molecule has 0 radical (unpaired) electrons. The first-order chi connectivity index (χ1) is 14.1. The Kier molecular flexibility index (Phi) is 6.40. The van der Waals surface area contributed by atoms with Crippen LogP contribution >= 0.6 is 0 Å². The number of aromatic nitrogens is 1. The zero-order valence-electron chi connectivity index (χ0n) is 16.7. The van der Waals surface area contributed by atoms with E-state index in [-0.39, 0.29) is 17.7 Å². The minimum atomic E-state index is -4.40. The van der Waals surface area contributed by atoms with Gasteiger partial charge in [0.25, 0.3) is 0 Å². The van der Waals surface area contributed by atoms with Crippen LogP contribution < -0.4 is 10.2 Å². The highest BCUT2D eigenvalue weighted by molar-refractivity contribution is 5.97. The van der Waals surface area contributed by atoms with E-state index in [0.29, 0.717) is 43.2 Å². The van der Waals surface area contributed by atoms with E-state index in [2.05, 4.69) is 10.3 Å². The van der Waals surface area contributed by atoms with Gasteiger partial charge in [-0.1, -0.05) is 0 Å². The second-order valence-corrected chi connectivity index (χ2v) is 7.22. The molecule has 2 heterocycles. The van der Waals surface area contributed by atoms with Crippen LogP contribution in [0.3, 0.4) is 0 Å². The summed E-state index contributed by atoms with van der Waals surface area (Å²) >= 11 is 0. The Morgan fingerprint density at radius 1 is 1.03 bits per heavy atom. The summed E-state index contributed by atoms with van der Waals surface area (Å²) < 4.78 is 38.0. The molecule has 0 aliphatic carbocycles. The number of nitrogens with zero attached hydrogens (tertiary/aromatic N) is 3. The van der Waals surface area contributed by atoms with Crippen LogP contribution in [0.25, 0.3) is 0 Å². The molecule has 1 aromatic carbocycles. The van der Waals surface area contributed by atoms with E-state index in [9.17, 15) is 22.8 Å². The first-order valence-corrected chi connectivity index (χ1v) is 9.59. The maximum Gasteiger partial charge on any atom is 0.417 e. The molecule has 160 valence electrons. The molecule has 1 amide bonds. The number of halogens is 3. The SMILES string of the molecule is CC(=O)c1ccc(NC(=O)C(C)N2CCN(c3ccc(C(F)(F)F)cn3)CC2)cc1. The Morgan fingerprint density at radius 3 is 2.17 bits per heavy atom. The average molecular weight is 420 g/mol. The van der Waals surface area contributed by atoms with Crippen molar-refractivity contribution in [2.75, 3.05) is 36.4 Å². The van der Waals surface area contributed by atoms with Crippen molar-refractivity contribution in [2.45, 2.75) is 26.1 Å². The molecule has 3 rings (SSSR count). The molecule has 1 unspecified atom stereocenters. The molecule has 1 aromatic heterocycles. The quantitative estimate of drug-likeness (QED) is 0.751. The number of benzene rings is 1. The third kappa shape index (κ3) is 5.15. The Labute approximate surface area is 172 Å². The molecule has 2 aromatic rings. The van der Waals surface area contributed by atoms with Gasteiger partial charge < -0.3 is 10.2 Å². The van der Waals surface area contributed by atoms with Crippen molar-refractivity contribution in [3.8, 4) is 0 Å². The highest BCUT2D eigenvalue weighted by Crippen LogP contribution is 2.29. The molecular weight excluding hydrogens is 397 g/mol. The zero-order valence-corrected chi connectivity index (χ0v) is 16.7. The van der Waals surface area contributed by atoms with Crippen LogP contribution in [-0.4, -0.2) is 53.8 Å². The second-order valence-electron chi connectivity index (χ2n) is 7.22. The van der Waals surface area contributed by atoms with Gasteiger partial charge in [0.05, 0.1) is 11.6 Å². The third-order valence-electron chi connectivity index (χ3n) is 5.20. The van der Waals surface area contributed by atoms with Crippen molar-refractivity contribution in [1.82, 2.24) is 9.88 Å². The number of carbonyl (C=O) groups is 2. The van der Waals surface area contributed by atoms with Gasteiger partial charge >= 0.3 is 6.18 Å². The Morgan fingerprint density at radius 2 is 1.67 bits per heavy atom. The van der Waals surface area contributed by atoms with Crippen LogP contribution in [0, 0.1) is 0 Å². The topological polar surface area (TPSA) is 65.5 Å². The van der Waals surface area contributed by atoms with E-state index < -0.39 is 11.7 Å². The van der Waals surface area contributed by atoms with E-state index in [0.717, 1.165) is 12.3 Å². The van der Waals surface area contributed by atoms with Crippen LogP contribution in [0.4, 0.5) is 24.7 Å². The number of amides is 1. The maximum atomic E-state index is 12.7. The molecule has 0 saturated carbocycles. The molecule has 0 spiro atoms. The van der Waals surface area contributed by atoms with Crippen LogP contribution in [0.15, 0.2) is 42.6 Å². The number of hydrogen-bond donors (Lipinski definition) is 1. The normalized spacial score (nSPS) is 16.2. The summed E-state index contributed by atoms with van der Waals surface area (Å²) in [6, 6.07) is 8.74. The number of rotatable bonds is 5. The van der Waals surface area contributed by atoms with Gasteiger partial charge in [-0.15, -0.1) is 0 Å². The zero-order chi connectivity index (χ0) is 21.9. The smallest absolute Gasteiger partial charge is 0.354 e. The van der Waals surface area contributed by atoms with Gasteiger partial charge in [-0.05, 0) is 50.2 Å². The molecule has 1 saturated heterocycles. The maximum absolute atomic E-state index is 12.7. The fourth-order valence-corrected chi connectivity index (χ4v) is 3.28. The lowest BCUT2D eigenvalue weighted by Gasteiger charge is -2.38. The summed E-state index contributed by atoms with van der Waals surface area (Å²) in [4.78, 5) is 31.7. The summed E-state index contributed by atoms with van der Waals surface area (Å²) in [6.07, 6.45) is -3.56. The standard InChI is InChI=1S/C21H23F3N4O2/c1-14(20(30)26-18-6-3-16(4-7-18)15(2)29)27-9-11-28(12-10-27)19-8-5-17(13-25-19)21(22,23)24/h3-8,13-14H,9-12H2,1-2H3,(H,26,30).